The van der Waals surface area contributed by atoms with Gasteiger partial charge in [0.05, 0.1) is 4.47 Å². The summed E-state index contributed by atoms with van der Waals surface area (Å²) < 4.78 is 6.67. The zero-order valence-electron chi connectivity index (χ0n) is 9.11. The minimum absolute atomic E-state index is 0.605. The van der Waals surface area contributed by atoms with E-state index in [1.54, 1.807) is 0 Å². The third-order valence-electron chi connectivity index (χ3n) is 2.40. The monoisotopic (exact) mass is 276 g/mol. The standard InChI is InChI=1S/C14H13BrO/c1-2-3-10-16-13-9-8-11-6-4-5-7-12(11)14(13)15/h2-9H,10H2,1H3/b3-2+. The molecule has 2 heteroatoms. The Balaban J connectivity index is 2.36. The second kappa shape index (κ2) is 5.17. The maximum Gasteiger partial charge on any atom is 0.134 e. The molecule has 0 spiro atoms. The number of halogens is 1. The minimum Gasteiger partial charge on any atom is -0.488 e. The molecule has 0 fully saturated rings. The van der Waals surface area contributed by atoms with Gasteiger partial charge >= 0.3 is 0 Å². The summed E-state index contributed by atoms with van der Waals surface area (Å²) in [4.78, 5) is 0. The molecule has 0 unspecified atom stereocenters. The summed E-state index contributed by atoms with van der Waals surface area (Å²) >= 11 is 3.58. The molecule has 0 aromatic heterocycles. The molecule has 0 aliphatic rings. The highest BCUT2D eigenvalue weighted by Crippen LogP contribution is 2.32. The van der Waals surface area contributed by atoms with Gasteiger partial charge in [-0.25, -0.2) is 0 Å². The van der Waals surface area contributed by atoms with Crippen LogP contribution in [-0.4, -0.2) is 6.61 Å². The average Bonchev–Trinajstić information content (AvgIpc) is 2.33. The van der Waals surface area contributed by atoms with Gasteiger partial charge in [0.2, 0.25) is 0 Å². The number of ether oxygens (including phenoxy) is 1. The van der Waals surface area contributed by atoms with E-state index < -0.39 is 0 Å². The van der Waals surface area contributed by atoms with Crippen LogP contribution in [0.5, 0.6) is 5.75 Å². The molecule has 0 amide bonds. The molecule has 0 saturated heterocycles. The molecule has 2 aromatic carbocycles. The van der Waals surface area contributed by atoms with Crippen LogP contribution in [0.15, 0.2) is 53.0 Å². The summed E-state index contributed by atoms with van der Waals surface area (Å²) in [6.07, 6.45) is 3.97. The number of hydrogen-bond acceptors (Lipinski definition) is 1. The summed E-state index contributed by atoms with van der Waals surface area (Å²) in [6.45, 7) is 2.59. The van der Waals surface area contributed by atoms with Gasteiger partial charge in [0.1, 0.15) is 12.4 Å². The lowest BCUT2D eigenvalue weighted by Crippen LogP contribution is -1.94. The molecule has 0 radical (unpaired) electrons. The fourth-order valence-electron chi connectivity index (χ4n) is 1.56. The van der Waals surface area contributed by atoms with Crippen molar-refractivity contribution in [3.05, 3.63) is 53.0 Å². The molecule has 2 aromatic rings. The number of benzene rings is 2. The van der Waals surface area contributed by atoms with Crippen molar-refractivity contribution in [1.29, 1.82) is 0 Å². The van der Waals surface area contributed by atoms with Crippen molar-refractivity contribution in [2.75, 3.05) is 6.61 Å². The molecular weight excluding hydrogens is 264 g/mol. The Morgan fingerprint density at radius 3 is 2.81 bits per heavy atom. The van der Waals surface area contributed by atoms with Crippen molar-refractivity contribution in [3.8, 4) is 5.75 Å². The van der Waals surface area contributed by atoms with Crippen LogP contribution >= 0.6 is 15.9 Å². The first kappa shape index (κ1) is 11.2. The molecule has 0 atom stereocenters. The molecule has 82 valence electrons. The number of rotatable bonds is 3. The first-order chi connectivity index (χ1) is 7.83. The van der Waals surface area contributed by atoms with Crippen molar-refractivity contribution in [1.82, 2.24) is 0 Å². The van der Waals surface area contributed by atoms with E-state index in [0.29, 0.717) is 6.61 Å². The van der Waals surface area contributed by atoms with E-state index >= 15 is 0 Å². The van der Waals surface area contributed by atoms with Crippen LogP contribution in [0.4, 0.5) is 0 Å². The number of hydrogen-bond donors (Lipinski definition) is 0. The molecule has 0 saturated carbocycles. The summed E-state index contributed by atoms with van der Waals surface area (Å²) in [5.74, 6) is 0.886. The lowest BCUT2D eigenvalue weighted by molar-refractivity contribution is 0.361. The van der Waals surface area contributed by atoms with Crippen LogP contribution in [-0.2, 0) is 0 Å². The van der Waals surface area contributed by atoms with Crippen LogP contribution in [0.1, 0.15) is 6.92 Å². The lowest BCUT2D eigenvalue weighted by atomic mass is 10.1. The molecule has 0 N–H and O–H groups in total. The third-order valence-corrected chi connectivity index (χ3v) is 3.22. The zero-order valence-corrected chi connectivity index (χ0v) is 10.7. The Kier molecular flexibility index (Phi) is 3.62. The van der Waals surface area contributed by atoms with Crippen molar-refractivity contribution in [3.63, 3.8) is 0 Å². The fourth-order valence-corrected chi connectivity index (χ4v) is 2.17. The van der Waals surface area contributed by atoms with E-state index in [1.165, 1.54) is 10.8 Å². The third kappa shape index (κ3) is 2.27. The van der Waals surface area contributed by atoms with Gasteiger partial charge in [-0.1, -0.05) is 42.5 Å². The van der Waals surface area contributed by atoms with Crippen LogP contribution in [0.25, 0.3) is 10.8 Å². The maximum absolute atomic E-state index is 5.65. The van der Waals surface area contributed by atoms with E-state index in [-0.39, 0.29) is 0 Å². The van der Waals surface area contributed by atoms with E-state index in [1.807, 2.05) is 37.3 Å². The molecular formula is C14H13BrO. The van der Waals surface area contributed by atoms with Crippen LogP contribution in [0, 0.1) is 0 Å². The van der Waals surface area contributed by atoms with Gasteiger partial charge in [-0.05, 0) is 39.7 Å². The van der Waals surface area contributed by atoms with Crippen LogP contribution < -0.4 is 4.74 Å². The van der Waals surface area contributed by atoms with Gasteiger partial charge in [-0.2, -0.15) is 0 Å². The van der Waals surface area contributed by atoms with Crippen molar-refractivity contribution >= 4 is 26.7 Å². The van der Waals surface area contributed by atoms with Gasteiger partial charge in [0.15, 0.2) is 0 Å². The molecule has 2 rings (SSSR count). The zero-order chi connectivity index (χ0) is 11.4. The van der Waals surface area contributed by atoms with Gasteiger partial charge < -0.3 is 4.74 Å². The van der Waals surface area contributed by atoms with E-state index in [4.69, 9.17) is 4.74 Å². The van der Waals surface area contributed by atoms with Crippen molar-refractivity contribution in [2.24, 2.45) is 0 Å². The molecule has 0 bridgehead atoms. The summed E-state index contributed by atoms with van der Waals surface area (Å²) in [5.41, 5.74) is 0. The highest BCUT2D eigenvalue weighted by molar-refractivity contribution is 9.10. The second-order valence-corrected chi connectivity index (χ2v) is 4.27. The van der Waals surface area contributed by atoms with Crippen molar-refractivity contribution < 1.29 is 4.74 Å². The highest BCUT2D eigenvalue weighted by atomic mass is 79.9. The Morgan fingerprint density at radius 1 is 1.19 bits per heavy atom. The second-order valence-electron chi connectivity index (χ2n) is 3.48. The predicted molar refractivity (Wildman–Crippen MR) is 72.0 cm³/mol. The largest absolute Gasteiger partial charge is 0.488 e. The first-order valence-corrected chi connectivity index (χ1v) is 6.03. The molecule has 0 aliphatic heterocycles. The Labute approximate surface area is 104 Å². The predicted octanol–water partition coefficient (Wildman–Crippen LogP) is 4.56. The quantitative estimate of drug-likeness (QED) is 0.747. The fraction of sp³-hybridized carbons (Fsp3) is 0.143. The van der Waals surface area contributed by atoms with E-state index in [2.05, 4.69) is 34.1 Å². The highest BCUT2D eigenvalue weighted by Gasteiger charge is 2.04. The summed E-state index contributed by atoms with van der Waals surface area (Å²) in [7, 11) is 0. The molecule has 1 nitrogen and oxygen atoms in total. The number of allylic oxidation sites excluding steroid dienone is 1. The number of fused-ring (bicyclic) bond motifs is 1. The smallest absolute Gasteiger partial charge is 0.134 e. The Bertz CT molecular complexity index is 517. The SMILES string of the molecule is C/C=C/COc1ccc2ccccc2c1Br. The van der Waals surface area contributed by atoms with Gasteiger partial charge in [0, 0.05) is 0 Å². The van der Waals surface area contributed by atoms with Gasteiger partial charge in [-0.15, -0.1) is 0 Å². The van der Waals surface area contributed by atoms with Crippen LogP contribution in [0.3, 0.4) is 0 Å². The Morgan fingerprint density at radius 2 is 2.00 bits per heavy atom. The minimum atomic E-state index is 0.605. The molecule has 16 heavy (non-hydrogen) atoms. The molecule has 0 aliphatic carbocycles. The van der Waals surface area contributed by atoms with Gasteiger partial charge in [0.25, 0.3) is 0 Å². The summed E-state index contributed by atoms with van der Waals surface area (Å²) in [5, 5.41) is 2.40. The normalized spacial score (nSPS) is 11.1. The topological polar surface area (TPSA) is 9.23 Å². The van der Waals surface area contributed by atoms with E-state index in [9.17, 15) is 0 Å². The molecule has 0 heterocycles. The first-order valence-electron chi connectivity index (χ1n) is 5.24. The maximum atomic E-state index is 5.65. The van der Waals surface area contributed by atoms with Crippen LogP contribution in [0.2, 0.25) is 0 Å². The van der Waals surface area contributed by atoms with Crippen molar-refractivity contribution in [2.45, 2.75) is 6.92 Å². The average molecular weight is 277 g/mol. The Hall–Kier alpha value is -1.28. The summed E-state index contributed by atoms with van der Waals surface area (Å²) in [6, 6.07) is 12.3. The lowest BCUT2D eigenvalue weighted by Gasteiger charge is -2.08. The van der Waals surface area contributed by atoms with E-state index in [0.717, 1.165) is 10.2 Å². The van der Waals surface area contributed by atoms with Gasteiger partial charge in [-0.3, -0.25) is 0 Å².